The molecule has 0 bridgehead atoms. The first kappa shape index (κ1) is 20.0. The van der Waals surface area contributed by atoms with Crippen LogP contribution in [0.1, 0.15) is 45.3 Å². The molecule has 3 aromatic rings. The minimum absolute atomic E-state index is 0.0604. The van der Waals surface area contributed by atoms with Gasteiger partial charge in [-0.2, -0.15) is 0 Å². The van der Waals surface area contributed by atoms with Crippen LogP contribution in [0.25, 0.3) is 0 Å². The average Bonchev–Trinajstić information content (AvgIpc) is 3.43. The zero-order valence-corrected chi connectivity index (χ0v) is 17.5. The number of carbonyl (C=O) groups excluding carboxylic acids is 3. The third-order valence-corrected chi connectivity index (χ3v) is 5.94. The van der Waals surface area contributed by atoms with Gasteiger partial charge in [0, 0.05) is 49.6 Å². The van der Waals surface area contributed by atoms with Crippen LogP contribution in [-0.2, 0) is 11.3 Å². The van der Waals surface area contributed by atoms with Crippen LogP contribution in [0.5, 0.6) is 0 Å². The van der Waals surface area contributed by atoms with Crippen molar-refractivity contribution >= 4 is 23.4 Å². The van der Waals surface area contributed by atoms with Crippen LogP contribution in [0.15, 0.2) is 67.3 Å². The summed E-state index contributed by atoms with van der Waals surface area (Å²) in [4.78, 5) is 46.2. The maximum Gasteiger partial charge on any atom is 0.260 e. The number of nitrogens with one attached hydrogen (secondary N) is 1. The molecule has 5 rings (SSSR count). The van der Waals surface area contributed by atoms with E-state index in [1.54, 1.807) is 40.5 Å². The molecule has 1 N–H and O–H groups in total. The molecule has 1 atom stereocenters. The second-order valence-corrected chi connectivity index (χ2v) is 7.91. The van der Waals surface area contributed by atoms with Crippen molar-refractivity contribution in [2.75, 3.05) is 18.0 Å². The first-order valence-corrected chi connectivity index (χ1v) is 10.7. The van der Waals surface area contributed by atoms with Crippen LogP contribution in [0, 0.1) is 0 Å². The number of carbonyl (C=O) groups is 3. The summed E-state index contributed by atoms with van der Waals surface area (Å²) in [5.41, 5.74) is 2.58. The minimum Gasteiger partial charge on any atom is -0.354 e. The number of benzene rings is 2. The number of amides is 3. The number of para-hydroxylation sites is 1. The van der Waals surface area contributed by atoms with E-state index in [0.29, 0.717) is 49.3 Å². The lowest BCUT2D eigenvalue weighted by molar-refractivity contribution is -0.121. The molecule has 32 heavy (non-hydrogen) atoms. The molecule has 2 aromatic carbocycles. The normalized spacial score (nSPS) is 16.6. The van der Waals surface area contributed by atoms with Gasteiger partial charge in [0.25, 0.3) is 11.8 Å². The van der Waals surface area contributed by atoms with Crippen LogP contribution in [0.3, 0.4) is 0 Å². The maximum atomic E-state index is 13.3. The summed E-state index contributed by atoms with van der Waals surface area (Å²) in [6.45, 7) is 1.55. The molecule has 0 fully saturated rings. The van der Waals surface area contributed by atoms with Gasteiger partial charge in [-0.1, -0.05) is 30.3 Å². The highest BCUT2D eigenvalue weighted by atomic mass is 16.2. The lowest BCUT2D eigenvalue weighted by atomic mass is 10.0. The van der Waals surface area contributed by atoms with Crippen LogP contribution in [0.4, 0.5) is 5.69 Å². The quantitative estimate of drug-likeness (QED) is 0.625. The number of imidazole rings is 1. The Hall–Kier alpha value is -3.94. The Labute approximate surface area is 185 Å². The second kappa shape index (κ2) is 8.30. The molecular weight excluding hydrogens is 406 g/mol. The zero-order chi connectivity index (χ0) is 22.1. The smallest absolute Gasteiger partial charge is 0.260 e. The molecule has 0 saturated carbocycles. The summed E-state index contributed by atoms with van der Waals surface area (Å²) in [7, 11) is 0. The first-order chi connectivity index (χ1) is 15.6. The topological polar surface area (TPSA) is 87.5 Å². The molecular formula is C24H23N5O3. The van der Waals surface area contributed by atoms with Gasteiger partial charge in [-0.25, -0.2) is 4.98 Å². The van der Waals surface area contributed by atoms with Crippen LogP contribution in [0.2, 0.25) is 0 Å². The fourth-order valence-corrected chi connectivity index (χ4v) is 4.44. The van der Waals surface area contributed by atoms with Gasteiger partial charge in [0.15, 0.2) is 0 Å². The Balaban J connectivity index is 1.29. The van der Waals surface area contributed by atoms with Crippen molar-refractivity contribution in [2.24, 2.45) is 0 Å². The van der Waals surface area contributed by atoms with E-state index in [0.717, 1.165) is 5.56 Å². The van der Waals surface area contributed by atoms with Crippen LogP contribution >= 0.6 is 0 Å². The molecule has 2 aliphatic heterocycles. The van der Waals surface area contributed by atoms with E-state index in [2.05, 4.69) is 10.3 Å². The largest absolute Gasteiger partial charge is 0.354 e. The van der Waals surface area contributed by atoms with Gasteiger partial charge in [-0.3, -0.25) is 19.3 Å². The van der Waals surface area contributed by atoms with Gasteiger partial charge in [-0.15, -0.1) is 0 Å². The number of rotatable bonds is 7. The molecule has 162 valence electrons. The highest BCUT2D eigenvalue weighted by molar-refractivity contribution is 6.16. The predicted octanol–water partition coefficient (Wildman–Crippen LogP) is 2.59. The fraction of sp³-hybridized carbons (Fsp3) is 0.250. The Kier molecular flexibility index (Phi) is 5.18. The minimum atomic E-state index is -0.481. The lowest BCUT2D eigenvalue weighted by Gasteiger charge is -2.41. The van der Waals surface area contributed by atoms with Gasteiger partial charge < -0.3 is 14.8 Å². The summed E-state index contributed by atoms with van der Waals surface area (Å²) < 4.78 is 1.90. The molecule has 0 saturated heterocycles. The van der Waals surface area contributed by atoms with Crippen LogP contribution in [-0.4, -0.2) is 45.3 Å². The Morgan fingerprint density at radius 2 is 1.75 bits per heavy atom. The number of nitrogens with zero attached hydrogens (tertiary/aromatic N) is 4. The van der Waals surface area contributed by atoms with Crippen molar-refractivity contribution in [3.8, 4) is 0 Å². The Bertz CT molecular complexity index is 1170. The van der Waals surface area contributed by atoms with E-state index in [1.807, 2.05) is 41.1 Å². The molecule has 0 spiro atoms. The van der Waals surface area contributed by atoms with Gasteiger partial charge in [0.05, 0.1) is 17.6 Å². The average molecular weight is 429 g/mol. The molecule has 2 aliphatic rings. The molecule has 0 aliphatic carbocycles. The van der Waals surface area contributed by atoms with Crippen molar-refractivity contribution in [1.29, 1.82) is 0 Å². The van der Waals surface area contributed by atoms with Gasteiger partial charge in [-0.05, 0) is 24.6 Å². The van der Waals surface area contributed by atoms with Crippen molar-refractivity contribution in [3.05, 3.63) is 83.9 Å². The standard InChI is InChI=1S/C24H23N5O3/c30-21(26-12-15-27-14-11-25-16-27)10-5-13-28-22-17-6-1-2-7-18(17)24(32)29(22)20-9-4-3-8-19(20)23(28)31/h1-4,6-9,11,14,16,22H,5,10,12-13,15H2,(H,26,30)/t22-/m0/s1. The third kappa shape index (κ3) is 3.43. The highest BCUT2D eigenvalue weighted by Gasteiger charge is 2.47. The molecule has 3 heterocycles. The molecule has 0 radical (unpaired) electrons. The van der Waals surface area contributed by atoms with E-state index >= 15 is 0 Å². The van der Waals surface area contributed by atoms with Crippen molar-refractivity contribution in [3.63, 3.8) is 0 Å². The molecule has 3 amide bonds. The Morgan fingerprint density at radius 3 is 2.56 bits per heavy atom. The second-order valence-electron chi connectivity index (χ2n) is 7.91. The fourth-order valence-electron chi connectivity index (χ4n) is 4.44. The maximum absolute atomic E-state index is 13.3. The zero-order valence-electron chi connectivity index (χ0n) is 17.5. The third-order valence-electron chi connectivity index (χ3n) is 5.94. The number of anilines is 1. The lowest BCUT2D eigenvalue weighted by Crippen LogP contribution is -2.48. The Morgan fingerprint density at radius 1 is 0.969 bits per heavy atom. The van der Waals surface area contributed by atoms with Crippen molar-refractivity contribution < 1.29 is 14.4 Å². The molecule has 8 nitrogen and oxygen atoms in total. The van der Waals surface area contributed by atoms with E-state index in [1.165, 1.54) is 0 Å². The van der Waals surface area contributed by atoms with E-state index in [9.17, 15) is 14.4 Å². The van der Waals surface area contributed by atoms with Crippen molar-refractivity contribution in [2.45, 2.75) is 25.6 Å². The van der Waals surface area contributed by atoms with E-state index in [4.69, 9.17) is 0 Å². The number of fused-ring (bicyclic) bond motifs is 5. The number of hydrogen-bond donors (Lipinski definition) is 1. The monoisotopic (exact) mass is 429 g/mol. The summed E-state index contributed by atoms with van der Waals surface area (Å²) in [5.74, 6) is -0.283. The number of aromatic nitrogens is 2. The molecule has 0 unspecified atom stereocenters. The first-order valence-electron chi connectivity index (χ1n) is 10.7. The highest BCUT2D eigenvalue weighted by Crippen LogP contribution is 2.45. The summed E-state index contributed by atoms with van der Waals surface area (Å²) >= 11 is 0. The van der Waals surface area contributed by atoms with E-state index in [-0.39, 0.29) is 17.7 Å². The summed E-state index contributed by atoms with van der Waals surface area (Å²) in [6.07, 6.45) is 5.58. The molecule has 1 aromatic heterocycles. The summed E-state index contributed by atoms with van der Waals surface area (Å²) in [5, 5.41) is 2.90. The van der Waals surface area contributed by atoms with Gasteiger partial charge >= 0.3 is 0 Å². The number of hydrogen-bond acceptors (Lipinski definition) is 4. The van der Waals surface area contributed by atoms with Crippen molar-refractivity contribution in [1.82, 2.24) is 19.8 Å². The van der Waals surface area contributed by atoms with Gasteiger partial charge in [0.2, 0.25) is 5.91 Å². The molecule has 8 heteroatoms. The van der Waals surface area contributed by atoms with E-state index < -0.39 is 6.17 Å². The van der Waals surface area contributed by atoms with Crippen LogP contribution < -0.4 is 10.2 Å². The van der Waals surface area contributed by atoms with Gasteiger partial charge in [0.1, 0.15) is 6.17 Å². The predicted molar refractivity (Wildman–Crippen MR) is 118 cm³/mol. The SMILES string of the molecule is O=C(CCCN1C(=O)c2ccccc2N2C(=O)c3ccccc3[C@@H]12)NCCn1ccnc1. The summed E-state index contributed by atoms with van der Waals surface area (Å²) in [6, 6.07) is 14.6.